The summed E-state index contributed by atoms with van der Waals surface area (Å²) in [4.78, 5) is 8.90. The minimum absolute atomic E-state index is 0.811. The molecule has 0 radical (unpaired) electrons. The zero-order valence-corrected chi connectivity index (χ0v) is 11.5. The van der Waals surface area contributed by atoms with Crippen molar-refractivity contribution in [1.29, 1.82) is 0 Å². The normalized spacial score (nSPS) is 10.6. The molecule has 1 N–H and O–H groups in total. The summed E-state index contributed by atoms with van der Waals surface area (Å²) in [5.74, 6) is 1.69. The van der Waals surface area contributed by atoms with E-state index in [0.29, 0.717) is 0 Å². The molecule has 0 bridgehead atoms. The van der Waals surface area contributed by atoms with Gasteiger partial charge in [-0.1, -0.05) is 6.92 Å². The summed E-state index contributed by atoms with van der Waals surface area (Å²) in [6.07, 6.45) is 2.49. The molecule has 0 fully saturated rings. The first-order valence-electron chi connectivity index (χ1n) is 5.86. The molecule has 2 heterocycles. The van der Waals surface area contributed by atoms with Gasteiger partial charge in [0.2, 0.25) is 0 Å². The van der Waals surface area contributed by atoms with Gasteiger partial charge in [-0.3, -0.25) is 0 Å². The lowest BCUT2D eigenvalue weighted by molar-refractivity contribution is 0.785. The van der Waals surface area contributed by atoms with E-state index in [-0.39, 0.29) is 0 Å². The molecule has 96 valence electrons. The van der Waals surface area contributed by atoms with Crippen molar-refractivity contribution in [1.82, 2.24) is 24.7 Å². The third-order valence-electron chi connectivity index (χ3n) is 2.29. The minimum Gasteiger partial charge on any atom is -0.370 e. The zero-order valence-electron chi connectivity index (χ0n) is 10.7. The Hall–Kier alpha value is -1.63. The van der Waals surface area contributed by atoms with Gasteiger partial charge in [-0.2, -0.15) is 0 Å². The summed E-state index contributed by atoms with van der Waals surface area (Å²) in [5.41, 5.74) is 0. The fourth-order valence-electron chi connectivity index (χ4n) is 1.41. The van der Waals surface area contributed by atoms with Gasteiger partial charge >= 0.3 is 0 Å². The average molecular weight is 264 g/mol. The maximum absolute atomic E-state index is 4.48. The zero-order chi connectivity index (χ0) is 13.0. The summed E-state index contributed by atoms with van der Waals surface area (Å²) >= 11 is 1.49. The first-order chi connectivity index (χ1) is 8.72. The van der Waals surface area contributed by atoms with Crippen LogP contribution < -0.4 is 5.32 Å². The lowest BCUT2D eigenvalue weighted by Crippen LogP contribution is -2.04. The van der Waals surface area contributed by atoms with Crippen molar-refractivity contribution in [3.05, 3.63) is 18.2 Å². The summed E-state index contributed by atoms with van der Waals surface area (Å²) < 4.78 is 1.87. The second-order valence-electron chi connectivity index (χ2n) is 3.72. The predicted octanol–water partition coefficient (Wildman–Crippen LogP) is 1.75. The first kappa shape index (κ1) is 12.8. The average Bonchev–Trinajstić information content (AvgIpc) is 2.75. The Morgan fingerprint density at radius 3 is 2.78 bits per heavy atom. The van der Waals surface area contributed by atoms with Crippen molar-refractivity contribution in [2.24, 2.45) is 7.05 Å². The Labute approximate surface area is 110 Å². The number of hydrogen-bond donors (Lipinski definition) is 1. The fraction of sp³-hybridized carbons (Fsp3) is 0.455. The molecular formula is C11H16N6S. The third kappa shape index (κ3) is 2.98. The number of rotatable bonds is 5. The second kappa shape index (κ2) is 5.81. The van der Waals surface area contributed by atoms with E-state index in [0.717, 1.165) is 34.8 Å². The molecule has 2 aromatic heterocycles. The second-order valence-corrected chi connectivity index (χ2v) is 4.71. The van der Waals surface area contributed by atoms with Gasteiger partial charge in [0.05, 0.1) is 0 Å². The molecule has 6 nitrogen and oxygen atoms in total. The quantitative estimate of drug-likeness (QED) is 0.830. The van der Waals surface area contributed by atoms with Crippen molar-refractivity contribution in [2.45, 2.75) is 30.5 Å². The summed E-state index contributed by atoms with van der Waals surface area (Å²) in [6.45, 7) is 4.93. The van der Waals surface area contributed by atoms with Crippen LogP contribution in [0.2, 0.25) is 0 Å². The van der Waals surface area contributed by atoms with Crippen molar-refractivity contribution >= 4 is 17.6 Å². The number of hydrogen-bond acceptors (Lipinski definition) is 6. The van der Waals surface area contributed by atoms with Crippen LogP contribution >= 0.6 is 11.8 Å². The van der Waals surface area contributed by atoms with E-state index in [9.17, 15) is 0 Å². The molecular weight excluding hydrogens is 248 g/mol. The van der Waals surface area contributed by atoms with Crippen molar-refractivity contribution in [3.63, 3.8) is 0 Å². The van der Waals surface area contributed by atoms with Gasteiger partial charge in [0, 0.05) is 26.1 Å². The molecule has 0 saturated carbocycles. The summed E-state index contributed by atoms with van der Waals surface area (Å²) in [7, 11) is 1.91. The minimum atomic E-state index is 0.811. The fourth-order valence-corrected chi connectivity index (χ4v) is 2.20. The monoisotopic (exact) mass is 264 g/mol. The number of aryl methyl sites for hydroxylation is 2. The number of anilines is 1. The Balaban J connectivity index is 2.26. The molecule has 2 aromatic rings. The Bertz CT molecular complexity index is 524. The summed E-state index contributed by atoms with van der Waals surface area (Å²) in [5, 5.41) is 12.8. The molecule has 0 saturated heterocycles. The Morgan fingerprint density at radius 1 is 1.33 bits per heavy atom. The molecule has 0 aliphatic rings. The van der Waals surface area contributed by atoms with E-state index in [2.05, 4.69) is 25.5 Å². The van der Waals surface area contributed by atoms with Crippen molar-refractivity contribution < 1.29 is 0 Å². The van der Waals surface area contributed by atoms with E-state index in [4.69, 9.17) is 0 Å². The van der Waals surface area contributed by atoms with Crippen LogP contribution in [0.25, 0.3) is 0 Å². The molecule has 7 heteroatoms. The summed E-state index contributed by atoms with van der Waals surface area (Å²) in [6, 6.07) is 1.93. The van der Waals surface area contributed by atoms with E-state index in [1.165, 1.54) is 11.8 Å². The van der Waals surface area contributed by atoms with Crippen LogP contribution in [0.1, 0.15) is 19.7 Å². The van der Waals surface area contributed by atoms with Gasteiger partial charge in [0.25, 0.3) is 0 Å². The van der Waals surface area contributed by atoms with Crippen molar-refractivity contribution in [3.8, 4) is 0 Å². The molecule has 0 aliphatic carbocycles. The highest BCUT2D eigenvalue weighted by molar-refractivity contribution is 7.99. The lowest BCUT2D eigenvalue weighted by Gasteiger charge is -2.07. The van der Waals surface area contributed by atoms with E-state index in [1.807, 2.05) is 31.5 Å². The van der Waals surface area contributed by atoms with Crippen molar-refractivity contribution in [2.75, 3.05) is 11.9 Å². The molecule has 0 amide bonds. The Kier molecular flexibility index (Phi) is 4.14. The van der Waals surface area contributed by atoms with Gasteiger partial charge in [-0.15, -0.1) is 10.2 Å². The lowest BCUT2D eigenvalue weighted by atomic mass is 10.4. The highest BCUT2D eigenvalue weighted by Crippen LogP contribution is 2.25. The molecule has 0 unspecified atom stereocenters. The van der Waals surface area contributed by atoms with Gasteiger partial charge in [0.15, 0.2) is 5.16 Å². The Morgan fingerprint density at radius 2 is 2.17 bits per heavy atom. The number of nitrogens with zero attached hydrogens (tertiary/aromatic N) is 5. The van der Waals surface area contributed by atoms with Crippen LogP contribution in [0.3, 0.4) is 0 Å². The topological polar surface area (TPSA) is 68.5 Å². The van der Waals surface area contributed by atoms with E-state index < -0.39 is 0 Å². The molecule has 0 aliphatic heterocycles. The van der Waals surface area contributed by atoms with Crippen LogP contribution in [0.15, 0.2) is 22.6 Å². The number of aromatic nitrogens is 5. The number of nitrogens with one attached hydrogen (secondary N) is 1. The highest BCUT2D eigenvalue weighted by atomic mass is 32.2. The predicted molar refractivity (Wildman–Crippen MR) is 70.7 cm³/mol. The standard InChI is InChI=1S/C11H16N6S/c1-4-8-14-9(12-5-2)6-10(15-8)18-11-16-13-7-17(11)3/h6-7H,4-5H2,1-3H3,(H,12,14,15). The highest BCUT2D eigenvalue weighted by Gasteiger charge is 2.08. The van der Waals surface area contributed by atoms with Crippen LogP contribution in [0.5, 0.6) is 0 Å². The maximum atomic E-state index is 4.48. The SMILES string of the molecule is CCNc1cc(Sc2nncn2C)nc(CC)n1. The van der Waals surface area contributed by atoms with Gasteiger partial charge in [0.1, 0.15) is 23.0 Å². The van der Waals surface area contributed by atoms with Gasteiger partial charge < -0.3 is 9.88 Å². The molecule has 0 atom stereocenters. The molecule has 0 aromatic carbocycles. The smallest absolute Gasteiger partial charge is 0.197 e. The van der Waals surface area contributed by atoms with Gasteiger partial charge in [-0.05, 0) is 18.7 Å². The first-order valence-corrected chi connectivity index (χ1v) is 6.68. The van der Waals surface area contributed by atoms with Crippen LogP contribution in [0, 0.1) is 0 Å². The maximum Gasteiger partial charge on any atom is 0.197 e. The van der Waals surface area contributed by atoms with Gasteiger partial charge in [-0.25, -0.2) is 9.97 Å². The third-order valence-corrected chi connectivity index (χ3v) is 3.26. The molecule has 0 spiro atoms. The van der Waals surface area contributed by atoms with Crippen LogP contribution in [-0.4, -0.2) is 31.3 Å². The molecule has 18 heavy (non-hydrogen) atoms. The molecule has 2 rings (SSSR count). The van der Waals surface area contributed by atoms with Crippen LogP contribution in [0.4, 0.5) is 5.82 Å². The van der Waals surface area contributed by atoms with Crippen LogP contribution in [-0.2, 0) is 13.5 Å². The van der Waals surface area contributed by atoms with E-state index in [1.54, 1.807) is 6.33 Å². The largest absolute Gasteiger partial charge is 0.370 e. The van der Waals surface area contributed by atoms with E-state index >= 15 is 0 Å².